The lowest BCUT2D eigenvalue weighted by molar-refractivity contribution is -0.389. The number of pyridine rings is 1. The molecular formula is C9H6N4O4. The van der Waals surface area contributed by atoms with Crippen molar-refractivity contribution in [3.63, 3.8) is 0 Å². The number of hydrogen-bond donors (Lipinski definition) is 1. The average Bonchev–Trinajstić information content (AvgIpc) is 2.78. The van der Waals surface area contributed by atoms with Crippen LogP contribution >= 0.6 is 0 Å². The monoisotopic (exact) mass is 234 g/mol. The first-order valence-corrected chi connectivity index (χ1v) is 4.46. The summed E-state index contributed by atoms with van der Waals surface area (Å²) in [6.45, 7) is 0. The molecular weight excluding hydrogens is 228 g/mol. The van der Waals surface area contributed by atoms with Gasteiger partial charge in [-0.25, -0.2) is 9.78 Å². The van der Waals surface area contributed by atoms with Crippen LogP contribution in [-0.4, -0.2) is 30.5 Å². The first kappa shape index (κ1) is 10.7. The molecule has 0 fully saturated rings. The molecule has 2 heterocycles. The molecule has 2 aromatic heterocycles. The Morgan fingerprint density at radius 1 is 1.41 bits per heavy atom. The van der Waals surface area contributed by atoms with Crippen molar-refractivity contribution < 1.29 is 14.8 Å². The lowest BCUT2D eigenvalue weighted by Gasteiger charge is -1.99. The Morgan fingerprint density at radius 2 is 2.18 bits per heavy atom. The second kappa shape index (κ2) is 4.00. The third kappa shape index (κ3) is 2.09. The third-order valence-electron chi connectivity index (χ3n) is 2.02. The van der Waals surface area contributed by atoms with E-state index in [9.17, 15) is 14.9 Å². The molecule has 0 aliphatic rings. The van der Waals surface area contributed by atoms with Crippen LogP contribution < -0.4 is 0 Å². The number of aromatic nitrogens is 3. The first-order valence-electron chi connectivity index (χ1n) is 4.46. The fourth-order valence-corrected chi connectivity index (χ4v) is 1.21. The standard InChI is InChI=1S/C9H6N4O4/c14-9(15)7-2-1-6(3-10-7)12-4-8(11-5-12)13(16)17/h1-5H,(H,14,15). The van der Waals surface area contributed by atoms with Crippen LogP contribution in [0.25, 0.3) is 5.69 Å². The fourth-order valence-electron chi connectivity index (χ4n) is 1.21. The molecule has 1 N–H and O–H groups in total. The highest BCUT2D eigenvalue weighted by atomic mass is 16.6. The number of rotatable bonds is 3. The van der Waals surface area contributed by atoms with Crippen molar-refractivity contribution in [2.75, 3.05) is 0 Å². The van der Waals surface area contributed by atoms with E-state index in [1.165, 1.54) is 35.4 Å². The molecule has 0 aromatic carbocycles. The normalized spacial score (nSPS) is 10.1. The molecule has 86 valence electrons. The van der Waals surface area contributed by atoms with Gasteiger partial charge in [0.25, 0.3) is 0 Å². The maximum Gasteiger partial charge on any atom is 0.381 e. The Hall–Kier alpha value is -2.77. The van der Waals surface area contributed by atoms with Crippen molar-refractivity contribution in [2.24, 2.45) is 0 Å². The fraction of sp³-hybridized carbons (Fsp3) is 0. The van der Waals surface area contributed by atoms with Gasteiger partial charge in [0.2, 0.25) is 6.33 Å². The van der Waals surface area contributed by atoms with E-state index >= 15 is 0 Å². The minimum atomic E-state index is -1.13. The molecule has 0 saturated carbocycles. The average molecular weight is 234 g/mol. The van der Waals surface area contributed by atoms with Crippen molar-refractivity contribution in [2.45, 2.75) is 0 Å². The second-order valence-electron chi connectivity index (χ2n) is 3.10. The molecule has 8 heteroatoms. The molecule has 8 nitrogen and oxygen atoms in total. The number of imidazole rings is 1. The van der Waals surface area contributed by atoms with Crippen molar-refractivity contribution >= 4 is 11.8 Å². The zero-order valence-corrected chi connectivity index (χ0v) is 8.35. The molecule has 0 amide bonds. The summed E-state index contributed by atoms with van der Waals surface area (Å²) in [5.74, 6) is -1.42. The largest absolute Gasteiger partial charge is 0.477 e. The van der Waals surface area contributed by atoms with Gasteiger partial charge in [0.1, 0.15) is 11.9 Å². The van der Waals surface area contributed by atoms with Crippen LogP contribution in [0.3, 0.4) is 0 Å². The van der Waals surface area contributed by atoms with Crippen molar-refractivity contribution in [1.82, 2.24) is 14.5 Å². The van der Waals surface area contributed by atoms with Crippen LogP contribution in [0.2, 0.25) is 0 Å². The smallest absolute Gasteiger partial charge is 0.381 e. The van der Waals surface area contributed by atoms with Crippen LogP contribution in [-0.2, 0) is 0 Å². The van der Waals surface area contributed by atoms with E-state index in [0.717, 1.165) is 0 Å². The Morgan fingerprint density at radius 3 is 2.65 bits per heavy atom. The highest BCUT2D eigenvalue weighted by Crippen LogP contribution is 2.12. The van der Waals surface area contributed by atoms with Crippen LogP contribution in [0.4, 0.5) is 5.82 Å². The maximum absolute atomic E-state index is 10.6. The molecule has 0 radical (unpaired) electrons. The van der Waals surface area contributed by atoms with Gasteiger partial charge in [0.05, 0.1) is 11.9 Å². The van der Waals surface area contributed by atoms with Crippen LogP contribution in [0.5, 0.6) is 0 Å². The van der Waals surface area contributed by atoms with Crippen molar-refractivity contribution in [1.29, 1.82) is 0 Å². The van der Waals surface area contributed by atoms with Gasteiger partial charge in [-0.2, -0.15) is 0 Å². The molecule has 0 atom stereocenters. The minimum absolute atomic E-state index is 0.0941. The summed E-state index contributed by atoms with van der Waals surface area (Å²) in [5, 5.41) is 19.1. The molecule has 0 unspecified atom stereocenters. The van der Waals surface area contributed by atoms with Gasteiger partial charge in [-0.3, -0.25) is 4.57 Å². The Labute approximate surface area is 94.3 Å². The topological polar surface area (TPSA) is 111 Å². The predicted molar refractivity (Wildman–Crippen MR) is 55.0 cm³/mol. The molecule has 0 bridgehead atoms. The number of hydrogen-bond acceptors (Lipinski definition) is 5. The molecule has 0 spiro atoms. The van der Waals surface area contributed by atoms with Gasteiger partial charge in [-0.15, -0.1) is 0 Å². The predicted octanol–water partition coefficient (Wildman–Crippen LogP) is 0.874. The lowest BCUT2D eigenvalue weighted by Crippen LogP contribution is -2.00. The summed E-state index contributed by atoms with van der Waals surface area (Å²) < 4.78 is 1.39. The van der Waals surface area contributed by atoms with Crippen LogP contribution in [0.1, 0.15) is 10.5 Å². The molecule has 0 aliphatic heterocycles. The highest BCUT2D eigenvalue weighted by Gasteiger charge is 2.11. The summed E-state index contributed by atoms with van der Waals surface area (Å²) in [6.07, 6.45) is 3.78. The van der Waals surface area contributed by atoms with Gasteiger partial charge >= 0.3 is 11.8 Å². The number of nitrogens with zero attached hydrogens (tertiary/aromatic N) is 4. The first-order chi connectivity index (χ1) is 8.08. The Kier molecular flexibility index (Phi) is 2.53. The third-order valence-corrected chi connectivity index (χ3v) is 2.02. The zero-order valence-electron chi connectivity index (χ0n) is 8.35. The maximum atomic E-state index is 10.6. The molecule has 2 rings (SSSR count). The minimum Gasteiger partial charge on any atom is -0.477 e. The molecule has 17 heavy (non-hydrogen) atoms. The van der Waals surface area contributed by atoms with Gasteiger partial charge in [-0.1, -0.05) is 0 Å². The zero-order chi connectivity index (χ0) is 12.4. The quantitative estimate of drug-likeness (QED) is 0.623. The second-order valence-corrected chi connectivity index (χ2v) is 3.10. The Balaban J connectivity index is 2.33. The van der Waals surface area contributed by atoms with Crippen molar-refractivity contribution in [3.8, 4) is 5.69 Å². The van der Waals surface area contributed by atoms with E-state index < -0.39 is 10.9 Å². The highest BCUT2D eigenvalue weighted by molar-refractivity contribution is 5.85. The number of carboxylic acid groups (broad SMARTS) is 1. The summed E-state index contributed by atoms with van der Waals surface area (Å²) in [4.78, 5) is 27.6. The van der Waals surface area contributed by atoms with Gasteiger partial charge in [0.15, 0.2) is 0 Å². The van der Waals surface area contributed by atoms with Gasteiger partial charge in [0, 0.05) is 0 Å². The van der Waals surface area contributed by atoms with Crippen LogP contribution in [0, 0.1) is 10.1 Å². The van der Waals surface area contributed by atoms with E-state index in [1.807, 2.05) is 0 Å². The SMILES string of the molecule is O=C(O)c1ccc(-n2cnc([N+](=O)[O-])c2)cn1. The Bertz CT molecular complexity index is 575. The molecule has 2 aromatic rings. The van der Waals surface area contributed by atoms with E-state index in [2.05, 4.69) is 9.97 Å². The van der Waals surface area contributed by atoms with E-state index in [1.54, 1.807) is 0 Å². The summed E-state index contributed by atoms with van der Waals surface area (Å²) in [5.41, 5.74) is 0.402. The summed E-state index contributed by atoms with van der Waals surface area (Å²) >= 11 is 0. The van der Waals surface area contributed by atoms with E-state index in [0.29, 0.717) is 5.69 Å². The van der Waals surface area contributed by atoms with E-state index in [4.69, 9.17) is 5.11 Å². The number of nitro groups is 1. The van der Waals surface area contributed by atoms with Gasteiger partial charge in [-0.05, 0) is 22.0 Å². The van der Waals surface area contributed by atoms with E-state index in [-0.39, 0.29) is 11.5 Å². The number of carbonyl (C=O) groups is 1. The van der Waals surface area contributed by atoms with Gasteiger partial charge < -0.3 is 15.2 Å². The van der Waals surface area contributed by atoms with Crippen molar-refractivity contribution in [3.05, 3.63) is 46.7 Å². The molecule has 0 saturated heterocycles. The van der Waals surface area contributed by atoms with Crippen LogP contribution in [0.15, 0.2) is 30.9 Å². The summed E-state index contributed by atoms with van der Waals surface area (Å²) in [7, 11) is 0. The summed E-state index contributed by atoms with van der Waals surface area (Å²) in [6, 6.07) is 2.80. The lowest BCUT2D eigenvalue weighted by atomic mass is 10.3. The number of carboxylic acids is 1. The molecule has 0 aliphatic carbocycles. The number of aromatic carboxylic acids is 1.